The van der Waals surface area contributed by atoms with Gasteiger partial charge in [0, 0.05) is 69.0 Å². The van der Waals surface area contributed by atoms with E-state index in [0.29, 0.717) is 0 Å². The van der Waals surface area contributed by atoms with Crippen molar-refractivity contribution in [2.45, 2.75) is 19.5 Å². The molecule has 0 amide bonds. The van der Waals surface area contributed by atoms with Crippen LogP contribution < -0.4 is 0 Å². The maximum atomic E-state index is 4.74. The molecule has 3 aromatic heterocycles. The molecule has 3 aromatic rings. The van der Waals surface area contributed by atoms with Crippen molar-refractivity contribution in [3.63, 3.8) is 0 Å². The standard InChI is InChI=1S/C17H18N6/c1-22-12-19-9-15(22)11-23-6-4-16-14(10-23)8-20-17(21-16)13-3-2-5-18-7-13/h2-3,5,7-9,12H,4,6,10-11H2,1H3. The average Bonchev–Trinajstić information content (AvgIpc) is 3.00. The van der Waals surface area contributed by atoms with E-state index in [1.807, 2.05) is 37.9 Å². The van der Waals surface area contributed by atoms with Crippen LogP contribution >= 0.6 is 0 Å². The smallest absolute Gasteiger partial charge is 0.160 e. The third-order valence-electron chi connectivity index (χ3n) is 4.23. The Hall–Kier alpha value is -2.60. The normalized spacial score (nSPS) is 14.7. The number of pyridine rings is 1. The van der Waals surface area contributed by atoms with Crippen molar-refractivity contribution >= 4 is 0 Å². The number of nitrogens with zero attached hydrogens (tertiary/aromatic N) is 6. The Morgan fingerprint density at radius 2 is 2.13 bits per heavy atom. The van der Waals surface area contributed by atoms with Gasteiger partial charge >= 0.3 is 0 Å². The Labute approximate surface area is 134 Å². The summed E-state index contributed by atoms with van der Waals surface area (Å²) in [7, 11) is 2.03. The zero-order chi connectivity index (χ0) is 15.6. The lowest BCUT2D eigenvalue weighted by molar-refractivity contribution is 0.238. The van der Waals surface area contributed by atoms with Crippen molar-refractivity contribution in [2.75, 3.05) is 6.54 Å². The van der Waals surface area contributed by atoms with Crippen LogP contribution in [0.25, 0.3) is 11.4 Å². The van der Waals surface area contributed by atoms with E-state index < -0.39 is 0 Å². The van der Waals surface area contributed by atoms with Crippen molar-refractivity contribution in [2.24, 2.45) is 7.05 Å². The Morgan fingerprint density at radius 1 is 1.17 bits per heavy atom. The van der Waals surface area contributed by atoms with E-state index in [4.69, 9.17) is 4.98 Å². The van der Waals surface area contributed by atoms with Crippen LogP contribution in [0.15, 0.2) is 43.2 Å². The molecule has 0 aliphatic carbocycles. The van der Waals surface area contributed by atoms with Crippen LogP contribution in [-0.2, 0) is 26.6 Å². The van der Waals surface area contributed by atoms with Crippen molar-refractivity contribution in [3.8, 4) is 11.4 Å². The minimum absolute atomic E-state index is 0.761. The predicted molar refractivity (Wildman–Crippen MR) is 86.3 cm³/mol. The Morgan fingerprint density at radius 3 is 2.91 bits per heavy atom. The fourth-order valence-corrected chi connectivity index (χ4v) is 2.91. The van der Waals surface area contributed by atoms with Crippen LogP contribution in [-0.4, -0.2) is 35.9 Å². The molecule has 0 N–H and O–H groups in total. The van der Waals surface area contributed by atoms with Crippen molar-refractivity contribution < 1.29 is 0 Å². The van der Waals surface area contributed by atoms with Crippen LogP contribution in [0.3, 0.4) is 0 Å². The molecule has 4 heterocycles. The summed E-state index contributed by atoms with van der Waals surface area (Å²) in [5, 5.41) is 0. The maximum Gasteiger partial charge on any atom is 0.160 e. The zero-order valence-corrected chi connectivity index (χ0v) is 13.1. The van der Waals surface area contributed by atoms with Gasteiger partial charge in [-0.15, -0.1) is 0 Å². The number of aryl methyl sites for hydroxylation is 1. The molecule has 23 heavy (non-hydrogen) atoms. The minimum atomic E-state index is 0.761. The summed E-state index contributed by atoms with van der Waals surface area (Å²) in [6, 6.07) is 3.90. The Balaban J connectivity index is 1.53. The summed E-state index contributed by atoms with van der Waals surface area (Å²) >= 11 is 0. The lowest BCUT2D eigenvalue weighted by Crippen LogP contribution is -2.31. The monoisotopic (exact) mass is 306 g/mol. The van der Waals surface area contributed by atoms with E-state index in [2.05, 4.69) is 24.4 Å². The van der Waals surface area contributed by atoms with Gasteiger partial charge in [-0.05, 0) is 12.1 Å². The topological polar surface area (TPSA) is 59.7 Å². The fourth-order valence-electron chi connectivity index (χ4n) is 2.91. The van der Waals surface area contributed by atoms with Crippen molar-refractivity contribution in [1.82, 2.24) is 29.4 Å². The quantitative estimate of drug-likeness (QED) is 0.739. The fraction of sp³-hybridized carbons (Fsp3) is 0.294. The van der Waals surface area contributed by atoms with Crippen LogP contribution in [0.1, 0.15) is 17.0 Å². The van der Waals surface area contributed by atoms with E-state index in [1.54, 1.807) is 12.4 Å². The second-order valence-electron chi connectivity index (χ2n) is 5.86. The van der Waals surface area contributed by atoms with Crippen LogP contribution in [0.2, 0.25) is 0 Å². The molecular formula is C17H18N6. The van der Waals surface area contributed by atoms with E-state index in [-0.39, 0.29) is 0 Å². The molecule has 0 unspecified atom stereocenters. The summed E-state index contributed by atoms with van der Waals surface area (Å²) in [5.74, 6) is 0.761. The molecular weight excluding hydrogens is 288 g/mol. The molecule has 0 radical (unpaired) electrons. The van der Waals surface area contributed by atoms with Gasteiger partial charge in [0.15, 0.2) is 5.82 Å². The number of fused-ring (bicyclic) bond motifs is 1. The number of hydrogen-bond donors (Lipinski definition) is 0. The summed E-state index contributed by atoms with van der Waals surface area (Å²) in [6.45, 7) is 2.79. The summed E-state index contributed by atoms with van der Waals surface area (Å²) in [6.07, 6.45) is 10.2. The summed E-state index contributed by atoms with van der Waals surface area (Å²) in [5.41, 5.74) is 4.56. The van der Waals surface area contributed by atoms with Crippen molar-refractivity contribution in [3.05, 3.63) is 60.2 Å². The molecule has 1 aliphatic rings. The highest BCUT2D eigenvalue weighted by atomic mass is 15.2. The van der Waals surface area contributed by atoms with Crippen LogP contribution in [0.4, 0.5) is 0 Å². The van der Waals surface area contributed by atoms with Gasteiger partial charge in [-0.3, -0.25) is 9.88 Å². The molecule has 6 heteroatoms. The molecule has 4 rings (SSSR count). The first-order valence-corrected chi connectivity index (χ1v) is 7.72. The third-order valence-corrected chi connectivity index (χ3v) is 4.23. The lowest BCUT2D eigenvalue weighted by Gasteiger charge is -2.27. The second-order valence-corrected chi connectivity index (χ2v) is 5.86. The highest BCUT2D eigenvalue weighted by Crippen LogP contribution is 2.21. The molecule has 0 saturated carbocycles. The third kappa shape index (κ3) is 2.85. The molecule has 0 fully saturated rings. The summed E-state index contributed by atoms with van der Waals surface area (Å²) in [4.78, 5) is 20.0. The summed E-state index contributed by atoms with van der Waals surface area (Å²) < 4.78 is 2.07. The second kappa shape index (κ2) is 5.89. The van der Waals surface area contributed by atoms with Gasteiger partial charge in [-0.2, -0.15) is 0 Å². The molecule has 0 atom stereocenters. The molecule has 0 spiro atoms. The first-order valence-electron chi connectivity index (χ1n) is 7.72. The molecule has 1 aliphatic heterocycles. The van der Waals surface area contributed by atoms with Gasteiger partial charge in [0.25, 0.3) is 0 Å². The zero-order valence-electron chi connectivity index (χ0n) is 13.1. The van der Waals surface area contributed by atoms with Crippen LogP contribution in [0.5, 0.6) is 0 Å². The molecule has 116 valence electrons. The van der Waals surface area contributed by atoms with E-state index >= 15 is 0 Å². The minimum Gasteiger partial charge on any atom is -0.337 e. The number of aromatic nitrogens is 5. The Kier molecular flexibility index (Phi) is 3.59. The number of rotatable bonds is 3. The first kappa shape index (κ1) is 14.0. The van der Waals surface area contributed by atoms with E-state index in [1.165, 1.54) is 11.3 Å². The van der Waals surface area contributed by atoms with E-state index in [0.717, 1.165) is 43.1 Å². The average molecular weight is 306 g/mol. The van der Waals surface area contributed by atoms with Gasteiger partial charge in [0.2, 0.25) is 0 Å². The first-order chi connectivity index (χ1) is 11.3. The molecule has 0 bridgehead atoms. The highest BCUT2D eigenvalue weighted by Gasteiger charge is 2.19. The van der Waals surface area contributed by atoms with E-state index in [9.17, 15) is 0 Å². The van der Waals surface area contributed by atoms with Crippen molar-refractivity contribution in [1.29, 1.82) is 0 Å². The van der Waals surface area contributed by atoms with Gasteiger partial charge in [0.1, 0.15) is 0 Å². The van der Waals surface area contributed by atoms with Gasteiger partial charge in [0.05, 0.1) is 17.7 Å². The largest absolute Gasteiger partial charge is 0.337 e. The van der Waals surface area contributed by atoms with Gasteiger partial charge in [-0.25, -0.2) is 15.0 Å². The number of imidazole rings is 1. The lowest BCUT2D eigenvalue weighted by atomic mass is 10.1. The molecule has 0 aromatic carbocycles. The van der Waals surface area contributed by atoms with Gasteiger partial charge < -0.3 is 4.57 Å². The SMILES string of the molecule is Cn1cncc1CN1CCc2nc(-c3cccnc3)ncc2C1. The predicted octanol–water partition coefficient (Wildman–Crippen LogP) is 1.83. The molecule has 6 nitrogen and oxygen atoms in total. The Bertz CT molecular complexity index is 811. The van der Waals surface area contributed by atoms with Crippen LogP contribution in [0, 0.1) is 0 Å². The maximum absolute atomic E-state index is 4.74. The highest BCUT2D eigenvalue weighted by molar-refractivity contribution is 5.53. The number of hydrogen-bond acceptors (Lipinski definition) is 5. The molecule has 0 saturated heterocycles. The van der Waals surface area contributed by atoms with Gasteiger partial charge in [-0.1, -0.05) is 0 Å².